The molecule has 0 atom stereocenters. The third-order valence-corrected chi connectivity index (χ3v) is 2.97. The van der Waals surface area contributed by atoms with Gasteiger partial charge in [0.25, 0.3) is 0 Å². The van der Waals surface area contributed by atoms with E-state index in [-0.39, 0.29) is 0 Å². The number of rotatable bonds is 6. The van der Waals surface area contributed by atoms with Gasteiger partial charge in [0.05, 0.1) is 25.3 Å². The lowest BCUT2D eigenvalue weighted by molar-refractivity contribution is 0.308. The summed E-state index contributed by atoms with van der Waals surface area (Å²) in [5.41, 5.74) is 1.85. The highest BCUT2D eigenvalue weighted by Crippen LogP contribution is 2.22. The maximum atomic E-state index is 8.94. The fourth-order valence-electron chi connectivity index (χ4n) is 1.95. The van der Waals surface area contributed by atoms with Crippen LogP contribution in [-0.2, 0) is 6.42 Å². The molecular formula is C17H17NO2. The molecule has 0 amide bonds. The van der Waals surface area contributed by atoms with Crippen molar-refractivity contribution in [2.75, 3.05) is 13.7 Å². The summed E-state index contributed by atoms with van der Waals surface area (Å²) >= 11 is 0. The number of aryl methyl sites for hydroxylation is 1. The summed E-state index contributed by atoms with van der Waals surface area (Å²) in [4.78, 5) is 0. The smallest absolute Gasteiger partial charge is 0.124 e. The molecule has 2 aromatic carbocycles. The van der Waals surface area contributed by atoms with Gasteiger partial charge in [-0.25, -0.2) is 0 Å². The number of nitriles is 1. The van der Waals surface area contributed by atoms with Gasteiger partial charge >= 0.3 is 0 Å². The third-order valence-electron chi connectivity index (χ3n) is 2.97. The van der Waals surface area contributed by atoms with Crippen molar-refractivity contribution in [2.24, 2.45) is 0 Å². The molecule has 3 heteroatoms. The number of methoxy groups -OCH3 is 1. The van der Waals surface area contributed by atoms with Gasteiger partial charge in [0.15, 0.2) is 0 Å². The molecular weight excluding hydrogens is 250 g/mol. The zero-order chi connectivity index (χ0) is 14.2. The Kier molecular flexibility index (Phi) is 5.02. The normalized spacial score (nSPS) is 9.80. The van der Waals surface area contributed by atoms with Gasteiger partial charge < -0.3 is 9.47 Å². The topological polar surface area (TPSA) is 42.2 Å². The molecule has 0 aromatic heterocycles. The Morgan fingerprint density at radius 2 is 1.80 bits per heavy atom. The van der Waals surface area contributed by atoms with Gasteiger partial charge in [0, 0.05) is 6.07 Å². The van der Waals surface area contributed by atoms with Crippen LogP contribution in [0, 0.1) is 11.3 Å². The van der Waals surface area contributed by atoms with Crippen molar-refractivity contribution in [3.8, 4) is 17.6 Å². The van der Waals surface area contributed by atoms with E-state index >= 15 is 0 Å². The predicted octanol–water partition coefficient (Wildman–Crippen LogP) is 3.58. The van der Waals surface area contributed by atoms with Crippen LogP contribution in [0.3, 0.4) is 0 Å². The second-order valence-corrected chi connectivity index (χ2v) is 4.45. The van der Waals surface area contributed by atoms with Crippen LogP contribution in [0.2, 0.25) is 0 Å². The number of hydrogen-bond acceptors (Lipinski definition) is 3. The first-order chi connectivity index (χ1) is 9.81. The van der Waals surface area contributed by atoms with E-state index in [0.717, 1.165) is 12.8 Å². The van der Waals surface area contributed by atoms with Gasteiger partial charge in [-0.2, -0.15) is 5.26 Å². The maximum Gasteiger partial charge on any atom is 0.124 e. The van der Waals surface area contributed by atoms with E-state index in [4.69, 9.17) is 14.7 Å². The summed E-state index contributed by atoms with van der Waals surface area (Å²) in [7, 11) is 1.58. The lowest BCUT2D eigenvalue weighted by Crippen LogP contribution is -2.00. The summed E-state index contributed by atoms with van der Waals surface area (Å²) < 4.78 is 10.8. The maximum absolute atomic E-state index is 8.94. The van der Waals surface area contributed by atoms with Gasteiger partial charge in [-0.15, -0.1) is 0 Å². The standard InChI is InChI=1S/C17H17NO2/c1-19-16-10-15(13-18)11-17(12-16)20-9-5-8-14-6-3-2-4-7-14/h2-4,6-7,10-12H,5,8-9H2,1H3. The van der Waals surface area contributed by atoms with E-state index in [0.29, 0.717) is 23.7 Å². The van der Waals surface area contributed by atoms with Crippen LogP contribution >= 0.6 is 0 Å². The van der Waals surface area contributed by atoms with Crippen molar-refractivity contribution in [2.45, 2.75) is 12.8 Å². The van der Waals surface area contributed by atoms with E-state index in [9.17, 15) is 0 Å². The first kappa shape index (κ1) is 14.0. The van der Waals surface area contributed by atoms with Gasteiger partial charge in [-0.3, -0.25) is 0 Å². The highest BCUT2D eigenvalue weighted by atomic mass is 16.5. The molecule has 0 radical (unpaired) electrons. The Hall–Kier alpha value is -2.47. The molecule has 0 saturated carbocycles. The van der Waals surface area contributed by atoms with E-state index in [1.54, 1.807) is 25.3 Å². The minimum atomic E-state index is 0.544. The number of benzene rings is 2. The minimum Gasteiger partial charge on any atom is -0.497 e. The van der Waals surface area contributed by atoms with Crippen LogP contribution in [0.25, 0.3) is 0 Å². The van der Waals surface area contributed by atoms with Gasteiger partial charge in [-0.1, -0.05) is 30.3 Å². The monoisotopic (exact) mass is 267 g/mol. The van der Waals surface area contributed by atoms with Crippen molar-refractivity contribution < 1.29 is 9.47 Å². The van der Waals surface area contributed by atoms with Crippen molar-refractivity contribution in [3.05, 3.63) is 59.7 Å². The third kappa shape index (κ3) is 4.03. The largest absolute Gasteiger partial charge is 0.497 e. The van der Waals surface area contributed by atoms with Crippen LogP contribution < -0.4 is 9.47 Å². The zero-order valence-corrected chi connectivity index (χ0v) is 11.5. The van der Waals surface area contributed by atoms with E-state index in [1.807, 2.05) is 18.2 Å². The summed E-state index contributed by atoms with van der Waals surface area (Å²) in [6.45, 7) is 0.618. The van der Waals surface area contributed by atoms with E-state index in [1.165, 1.54) is 5.56 Å². The average molecular weight is 267 g/mol. The van der Waals surface area contributed by atoms with E-state index < -0.39 is 0 Å². The van der Waals surface area contributed by atoms with Crippen LogP contribution in [0.1, 0.15) is 17.5 Å². The van der Waals surface area contributed by atoms with Gasteiger partial charge in [-0.05, 0) is 30.5 Å². The Labute approximate surface area is 119 Å². The van der Waals surface area contributed by atoms with Crippen molar-refractivity contribution >= 4 is 0 Å². The summed E-state index contributed by atoms with van der Waals surface area (Å²) in [6, 6.07) is 17.6. The summed E-state index contributed by atoms with van der Waals surface area (Å²) in [5.74, 6) is 1.32. The highest BCUT2D eigenvalue weighted by Gasteiger charge is 2.02. The van der Waals surface area contributed by atoms with Gasteiger partial charge in [0.2, 0.25) is 0 Å². The molecule has 0 bridgehead atoms. The Morgan fingerprint density at radius 1 is 1.05 bits per heavy atom. The molecule has 0 heterocycles. The summed E-state index contributed by atoms with van der Waals surface area (Å²) in [6.07, 6.45) is 1.92. The quantitative estimate of drug-likeness (QED) is 0.751. The lowest BCUT2D eigenvalue weighted by atomic mass is 10.1. The lowest BCUT2D eigenvalue weighted by Gasteiger charge is -2.08. The Morgan fingerprint density at radius 3 is 2.50 bits per heavy atom. The molecule has 2 aromatic rings. The first-order valence-electron chi connectivity index (χ1n) is 6.58. The van der Waals surface area contributed by atoms with Crippen molar-refractivity contribution in [1.82, 2.24) is 0 Å². The first-order valence-corrected chi connectivity index (χ1v) is 6.58. The van der Waals surface area contributed by atoms with Crippen molar-refractivity contribution in [1.29, 1.82) is 5.26 Å². The molecule has 0 N–H and O–H groups in total. The number of nitrogens with zero attached hydrogens (tertiary/aromatic N) is 1. The Balaban J connectivity index is 1.86. The SMILES string of the molecule is COc1cc(C#N)cc(OCCCc2ccccc2)c1. The van der Waals surface area contributed by atoms with Crippen LogP contribution in [-0.4, -0.2) is 13.7 Å². The molecule has 0 unspecified atom stereocenters. The second-order valence-electron chi connectivity index (χ2n) is 4.45. The molecule has 0 spiro atoms. The minimum absolute atomic E-state index is 0.544. The van der Waals surface area contributed by atoms with E-state index in [2.05, 4.69) is 18.2 Å². The highest BCUT2D eigenvalue weighted by molar-refractivity contribution is 5.43. The van der Waals surface area contributed by atoms with Crippen molar-refractivity contribution in [3.63, 3.8) is 0 Å². The fraction of sp³-hybridized carbons (Fsp3) is 0.235. The average Bonchev–Trinajstić information content (AvgIpc) is 2.52. The Bertz CT molecular complexity index is 588. The molecule has 20 heavy (non-hydrogen) atoms. The van der Waals surface area contributed by atoms with Gasteiger partial charge in [0.1, 0.15) is 11.5 Å². The summed E-state index contributed by atoms with van der Waals surface area (Å²) in [5, 5.41) is 8.94. The molecule has 0 aliphatic heterocycles. The molecule has 3 nitrogen and oxygen atoms in total. The zero-order valence-electron chi connectivity index (χ0n) is 11.5. The number of hydrogen-bond donors (Lipinski definition) is 0. The van der Waals surface area contributed by atoms with Crippen LogP contribution in [0.15, 0.2) is 48.5 Å². The second kappa shape index (κ2) is 7.20. The molecule has 102 valence electrons. The predicted molar refractivity (Wildman–Crippen MR) is 78.0 cm³/mol. The molecule has 0 aliphatic rings. The molecule has 2 rings (SSSR count). The molecule has 0 aliphatic carbocycles. The number of ether oxygens (including phenoxy) is 2. The molecule has 0 fully saturated rings. The van der Waals surface area contributed by atoms with Crippen LogP contribution in [0.4, 0.5) is 0 Å². The molecule has 0 saturated heterocycles. The van der Waals surface area contributed by atoms with Crippen LogP contribution in [0.5, 0.6) is 11.5 Å². The fourth-order valence-corrected chi connectivity index (χ4v) is 1.95.